The molecule has 110 valence electrons. The van der Waals surface area contributed by atoms with Crippen molar-refractivity contribution in [2.45, 2.75) is 26.2 Å². The van der Waals surface area contributed by atoms with Crippen LogP contribution in [0.3, 0.4) is 0 Å². The average Bonchev–Trinajstić information content (AvgIpc) is 3.15. The predicted octanol–water partition coefficient (Wildman–Crippen LogP) is 1.94. The maximum absolute atomic E-state index is 11.2. The zero-order chi connectivity index (χ0) is 14.1. The lowest BCUT2D eigenvalue weighted by molar-refractivity contribution is 0.0701. The minimum Gasteiger partial charge on any atom is -0.477 e. The molecule has 1 aliphatic carbocycles. The van der Waals surface area contributed by atoms with Gasteiger partial charge in [0.2, 0.25) is 0 Å². The van der Waals surface area contributed by atoms with Crippen molar-refractivity contribution in [3.63, 3.8) is 0 Å². The Labute approximate surface area is 123 Å². The average molecular weight is 295 g/mol. The topological polar surface area (TPSA) is 56.7 Å². The van der Waals surface area contributed by atoms with E-state index >= 15 is 0 Å². The fourth-order valence-electron chi connectivity index (χ4n) is 2.67. The first-order valence-electron chi connectivity index (χ1n) is 7.37. The lowest BCUT2D eigenvalue weighted by Gasteiger charge is -2.34. The van der Waals surface area contributed by atoms with Gasteiger partial charge in [-0.1, -0.05) is 18.3 Å². The summed E-state index contributed by atoms with van der Waals surface area (Å²) in [5, 5.41) is 10.1. The molecular weight excluding hydrogens is 274 g/mol. The molecule has 0 atom stereocenters. The Morgan fingerprint density at radius 2 is 2.05 bits per heavy atom. The number of carboxylic acids is 1. The molecule has 1 aromatic rings. The fourth-order valence-corrected chi connectivity index (χ4v) is 3.71. The SMILES string of the molecule is CCc1nc(N2CCN(CC3CC3)CC2)sc1C(=O)O. The molecule has 1 saturated carbocycles. The molecule has 2 fully saturated rings. The van der Waals surface area contributed by atoms with Crippen LogP contribution in [0.25, 0.3) is 0 Å². The minimum atomic E-state index is -0.849. The quantitative estimate of drug-likeness (QED) is 0.899. The molecule has 2 aliphatic rings. The maximum Gasteiger partial charge on any atom is 0.347 e. The Morgan fingerprint density at radius 1 is 1.35 bits per heavy atom. The van der Waals surface area contributed by atoms with Gasteiger partial charge in [-0.05, 0) is 25.2 Å². The number of thiazole rings is 1. The summed E-state index contributed by atoms with van der Waals surface area (Å²) < 4.78 is 0. The second-order valence-corrected chi connectivity index (χ2v) is 6.64. The van der Waals surface area contributed by atoms with Crippen LogP contribution < -0.4 is 4.90 Å². The highest BCUT2D eigenvalue weighted by molar-refractivity contribution is 7.17. The van der Waals surface area contributed by atoms with Crippen molar-refractivity contribution in [3.05, 3.63) is 10.6 Å². The number of hydrogen-bond donors (Lipinski definition) is 1. The normalized spacial score (nSPS) is 20.4. The highest BCUT2D eigenvalue weighted by Crippen LogP contribution is 2.31. The highest BCUT2D eigenvalue weighted by Gasteiger charge is 2.27. The second-order valence-electron chi connectivity index (χ2n) is 5.66. The van der Waals surface area contributed by atoms with Gasteiger partial charge in [0.15, 0.2) is 5.13 Å². The van der Waals surface area contributed by atoms with E-state index in [0.717, 1.165) is 42.9 Å². The summed E-state index contributed by atoms with van der Waals surface area (Å²) in [7, 11) is 0. The Morgan fingerprint density at radius 3 is 2.55 bits per heavy atom. The molecule has 1 N–H and O–H groups in total. The number of carboxylic acid groups (broad SMARTS) is 1. The van der Waals surface area contributed by atoms with Crippen LogP contribution in [-0.4, -0.2) is 53.7 Å². The van der Waals surface area contributed by atoms with Crippen LogP contribution in [0.15, 0.2) is 0 Å². The van der Waals surface area contributed by atoms with Crippen LogP contribution in [0.2, 0.25) is 0 Å². The van der Waals surface area contributed by atoms with Crippen molar-refractivity contribution in [3.8, 4) is 0 Å². The molecule has 6 heteroatoms. The van der Waals surface area contributed by atoms with Crippen LogP contribution in [-0.2, 0) is 6.42 Å². The summed E-state index contributed by atoms with van der Waals surface area (Å²) >= 11 is 1.32. The molecule has 0 amide bonds. The number of carbonyl (C=O) groups is 1. The van der Waals surface area contributed by atoms with Crippen LogP contribution in [0.5, 0.6) is 0 Å². The van der Waals surface area contributed by atoms with Crippen molar-refractivity contribution < 1.29 is 9.90 Å². The highest BCUT2D eigenvalue weighted by atomic mass is 32.1. The first-order chi connectivity index (χ1) is 9.67. The van der Waals surface area contributed by atoms with Gasteiger partial charge in [0.05, 0.1) is 5.69 Å². The summed E-state index contributed by atoms with van der Waals surface area (Å²) in [6.45, 7) is 7.26. The zero-order valence-corrected chi connectivity index (χ0v) is 12.7. The number of hydrogen-bond acceptors (Lipinski definition) is 5. The fraction of sp³-hybridized carbons (Fsp3) is 0.714. The van der Waals surface area contributed by atoms with Gasteiger partial charge < -0.3 is 10.0 Å². The van der Waals surface area contributed by atoms with Crippen molar-refractivity contribution in [1.82, 2.24) is 9.88 Å². The Bertz CT molecular complexity index is 491. The first kappa shape index (κ1) is 13.8. The van der Waals surface area contributed by atoms with E-state index in [0.29, 0.717) is 11.3 Å². The molecule has 0 bridgehead atoms. The lowest BCUT2D eigenvalue weighted by atomic mass is 10.3. The summed E-state index contributed by atoms with van der Waals surface area (Å²) in [4.78, 5) is 20.9. The van der Waals surface area contributed by atoms with Crippen molar-refractivity contribution in [2.75, 3.05) is 37.6 Å². The van der Waals surface area contributed by atoms with Crippen molar-refractivity contribution in [2.24, 2.45) is 5.92 Å². The van der Waals surface area contributed by atoms with Gasteiger partial charge in [-0.2, -0.15) is 0 Å². The lowest BCUT2D eigenvalue weighted by Crippen LogP contribution is -2.47. The monoisotopic (exact) mass is 295 g/mol. The minimum absolute atomic E-state index is 0.405. The predicted molar refractivity (Wildman–Crippen MR) is 79.8 cm³/mol. The number of rotatable bonds is 5. The number of piperazine rings is 1. The Balaban J connectivity index is 1.63. The Hall–Kier alpha value is -1.14. The molecule has 3 rings (SSSR count). The van der Waals surface area contributed by atoms with Gasteiger partial charge in [0.25, 0.3) is 0 Å². The molecule has 5 nitrogen and oxygen atoms in total. The van der Waals surface area contributed by atoms with Gasteiger partial charge in [-0.3, -0.25) is 4.90 Å². The third kappa shape index (κ3) is 2.96. The van der Waals surface area contributed by atoms with E-state index in [4.69, 9.17) is 0 Å². The molecule has 1 aliphatic heterocycles. The number of aromatic nitrogens is 1. The summed E-state index contributed by atoms with van der Waals surface area (Å²) in [6, 6.07) is 0. The van der Waals surface area contributed by atoms with Crippen LogP contribution in [0.1, 0.15) is 35.1 Å². The third-order valence-electron chi connectivity index (χ3n) is 4.07. The van der Waals surface area contributed by atoms with Gasteiger partial charge in [0.1, 0.15) is 4.88 Å². The molecule has 1 saturated heterocycles. The van der Waals surface area contributed by atoms with Crippen LogP contribution in [0.4, 0.5) is 5.13 Å². The van der Waals surface area contributed by atoms with E-state index in [9.17, 15) is 9.90 Å². The number of nitrogens with zero attached hydrogens (tertiary/aromatic N) is 3. The summed E-state index contributed by atoms with van der Waals surface area (Å²) in [5.74, 6) is 0.0877. The number of aryl methyl sites for hydroxylation is 1. The van der Waals surface area contributed by atoms with Gasteiger partial charge >= 0.3 is 5.97 Å². The Kier molecular flexibility index (Phi) is 3.94. The molecule has 20 heavy (non-hydrogen) atoms. The maximum atomic E-state index is 11.2. The zero-order valence-electron chi connectivity index (χ0n) is 11.8. The van der Waals surface area contributed by atoms with E-state index in [1.54, 1.807) is 0 Å². The largest absolute Gasteiger partial charge is 0.477 e. The van der Waals surface area contributed by atoms with Gasteiger partial charge in [-0.25, -0.2) is 9.78 Å². The van der Waals surface area contributed by atoms with Crippen molar-refractivity contribution >= 4 is 22.4 Å². The number of anilines is 1. The molecule has 1 aromatic heterocycles. The van der Waals surface area contributed by atoms with Crippen molar-refractivity contribution in [1.29, 1.82) is 0 Å². The van der Waals surface area contributed by atoms with E-state index in [2.05, 4.69) is 14.8 Å². The molecule has 0 unspecified atom stereocenters. The first-order valence-corrected chi connectivity index (χ1v) is 8.19. The molecular formula is C14H21N3O2S. The van der Waals surface area contributed by atoms with Gasteiger partial charge in [-0.15, -0.1) is 0 Å². The third-order valence-corrected chi connectivity index (χ3v) is 5.22. The molecule has 0 aromatic carbocycles. The molecule has 0 radical (unpaired) electrons. The molecule has 2 heterocycles. The van der Waals surface area contributed by atoms with E-state index in [1.807, 2.05) is 6.92 Å². The van der Waals surface area contributed by atoms with Crippen LogP contribution >= 0.6 is 11.3 Å². The second kappa shape index (κ2) is 5.69. The van der Waals surface area contributed by atoms with E-state index < -0.39 is 5.97 Å². The van der Waals surface area contributed by atoms with Crippen LogP contribution in [0, 0.1) is 5.92 Å². The summed E-state index contributed by atoms with van der Waals surface area (Å²) in [6.07, 6.45) is 3.48. The van der Waals surface area contributed by atoms with E-state index in [1.165, 1.54) is 30.7 Å². The van der Waals surface area contributed by atoms with Gasteiger partial charge in [0, 0.05) is 32.7 Å². The molecule has 0 spiro atoms. The summed E-state index contributed by atoms with van der Waals surface area (Å²) in [5.41, 5.74) is 0.720. The number of aromatic carboxylic acids is 1. The van der Waals surface area contributed by atoms with E-state index in [-0.39, 0.29) is 0 Å². The smallest absolute Gasteiger partial charge is 0.347 e. The standard InChI is InChI=1S/C14H21N3O2S/c1-2-11-12(13(18)19)20-14(15-11)17-7-5-16(6-8-17)9-10-3-4-10/h10H,2-9H2,1H3,(H,18,19).